The molecule has 0 radical (unpaired) electrons. The van der Waals surface area contributed by atoms with Crippen molar-refractivity contribution in [2.24, 2.45) is 5.73 Å². The Hall–Kier alpha value is -1.00. The topological polar surface area (TPSA) is 46.3 Å². The van der Waals surface area contributed by atoms with Crippen LogP contribution in [0, 0.1) is 0 Å². The quantitative estimate of drug-likeness (QED) is 0.918. The highest BCUT2D eigenvalue weighted by atomic mass is 32.2. The summed E-state index contributed by atoms with van der Waals surface area (Å²) in [6, 6.07) is 9.82. The third kappa shape index (κ3) is 3.51. The first-order valence-corrected chi connectivity index (χ1v) is 7.86. The lowest BCUT2D eigenvalue weighted by Crippen LogP contribution is -2.54. The van der Waals surface area contributed by atoms with E-state index in [0.717, 1.165) is 17.9 Å². The molecular weight excluding hydrogens is 256 g/mol. The van der Waals surface area contributed by atoms with E-state index in [1.807, 2.05) is 47.0 Å². The smallest absolute Gasteiger partial charge is 0.240 e. The van der Waals surface area contributed by atoms with E-state index in [1.165, 1.54) is 0 Å². The Morgan fingerprint density at radius 3 is 2.79 bits per heavy atom. The number of nitrogens with zero attached hydrogens (tertiary/aromatic N) is 1. The molecule has 104 valence electrons. The molecule has 1 aromatic carbocycles. The molecular formula is C15H22N2OS. The van der Waals surface area contributed by atoms with Crippen molar-refractivity contribution in [1.29, 1.82) is 0 Å². The summed E-state index contributed by atoms with van der Waals surface area (Å²) in [7, 11) is 0. The molecule has 0 aromatic heterocycles. The summed E-state index contributed by atoms with van der Waals surface area (Å²) >= 11 is 1.93. The Labute approximate surface area is 119 Å². The normalized spacial score (nSPS) is 25.1. The lowest BCUT2D eigenvalue weighted by molar-refractivity contribution is -0.134. The maximum atomic E-state index is 12.5. The second-order valence-electron chi connectivity index (χ2n) is 5.14. The van der Waals surface area contributed by atoms with E-state index in [-0.39, 0.29) is 11.9 Å². The number of rotatable bonds is 3. The van der Waals surface area contributed by atoms with Crippen LogP contribution in [0.15, 0.2) is 30.3 Å². The van der Waals surface area contributed by atoms with Gasteiger partial charge in [-0.25, -0.2) is 0 Å². The summed E-state index contributed by atoms with van der Waals surface area (Å²) in [4.78, 5) is 14.4. The molecule has 1 fully saturated rings. The third-order valence-corrected chi connectivity index (χ3v) is 5.12. The molecule has 1 aliphatic heterocycles. The molecule has 0 bridgehead atoms. The van der Waals surface area contributed by atoms with Gasteiger partial charge in [0.1, 0.15) is 0 Å². The van der Waals surface area contributed by atoms with Crippen molar-refractivity contribution >= 4 is 17.7 Å². The number of hydrogen-bond acceptors (Lipinski definition) is 3. The van der Waals surface area contributed by atoms with E-state index >= 15 is 0 Å². The van der Waals surface area contributed by atoms with Gasteiger partial charge in [-0.1, -0.05) is 37.3 Å². The predicted octanol–water partition coefficient (Wildman–Crippen LogP) is 1.91. The lowest BCUT2D eigenvalue weighted by Gasteiger charge is -2.38. The van der Waals surface area contributed by atoms with Crippen LogP contribution >= 0.6 is 11.8 Å². The van der Waals surface area contributed by atoms with Gasteiger partial charge in [0.15, 0.2) is 0 Å². The van der Waals surface area contributed by atoms with Gasteiger partial charge < -0.3 is 10.6 Å². The number of hydrogen-bond donors (Lipinski definition) is 1. The lowest BCUT2D eigenvalue weighted by atomic mass is 10.0. The number of carbonyl (C=O) groups excluding carboxylic acids is 1. The average Bonchev–Trinajstić information content (AvgIpc) is 2.42. The number of benzene rings is 1. The summed E-state index contributed by atoms with van der Waals surface area (Å²) in [6.45, 7) is 5.11. The fraction of sp³-hybridized carbons (Fsp3) is 0.533. The molecule has 4 heteroatoms. The first-order chi connectivity index (χ1) is 9.09. The van der Waals surface area contributed by atoms with Crippen molar-refractivity contribution in [1.82, 2.24) is 4.90 Å². The zero-order valence-electron chi connectivity index (χ0n) is 11.6. The molecule has 2 rings (SSSR count). The average molecular weight is 278 g/mol. The highest BCUT2D eigenvalue weighted by Crippen LogP contribution is 2.24. The van der Waals surface area contributed by atoms with Gasteiger partial charge in [0.05, 0.1) is 6.04 Å². The third-order valence-electron chi connectivity index (χ3n) is 3.78. The van der Waals surface area contributed by atoms with E-state index < -0.39 is 6.04 Å². The number of amides is 1. The van der Waals surface area contributed by atoms with Gasteiger partial charge in [0.25, 0.3) is 0 Å². The Morgan fingerprint density at radius 2 is 2.11 bits per heavy atom. The van der Waals surface area contributed by atoms with Gasteiger partial charge >= 0.3 is 0 Å². The minimum absolute atomic E-state index is 0.0866. The van der Waals surface area contributed by atoms with Crippen LogP contribution in [0.1, 0.15) is 19.4 Å². The molecule has 3 atom stereocenters. The molecule has 1 heterocycles. The van der Waals surface area contributed by atoms with Crippen LogP contribution in [0.4, 0.5) is 0 Å². The Kier molecular flexibility index (Phi) is 4.88. The van der Waals surface area contributed by atoms with Crippen molar-refractivity contribution in [2.75, 3.05) is 12.3 Å². The largest absolute Gasteiger partial charge is 0.337 e. The maximum absolute atomic E-state index is 12.5. The fourth-order valence-corrected chi connectivity index (χ4v) is 3.51. The van der Waals surface area contributed by atoms with Gasteiger partial charge in [-0.15, -0.1) is 0 Å². The van der Waals surface area contributed by atoms with E-state index in [1.54, 1.807) is 0 Å². The summed E-state index contributed by atoms with van der Waals surface area (Å²) < 4.78 is 0. The van der Waals surface area contributed by atoms with Gasteiger partial charge in [-0.05, 0) is 18.9 Å². The highest BCUT2D eigenvalue weighted by Gasteiger charge is 2.31. The van der Waals surface area contributed by atoms with Gasteiger partial charge in [0.2, 0.25) is 5.91 Å². The van der Waals surface area contributed by atoms with Crippen molar-refractivity contribution in [3.05, 3.63) is 35.9 Å². The second-order valence-corrected chi connectivity index (χ2v) is 6.63. The van der Waals surface area contributed by atoms with Gasteiger partial charge in [0, 0.05) is 23.6 Å². The van der Waals surface area contributed by atoms with E-state index in [2.05, 4.69) is 13.8 Å². The molecule has 2 unspecified atom stereocenters. The summed E-state index contributed by atoms with van der Waals surface area (Å²) in [5, 5.41) is 0.488. The first kappa shape index (κ1) is 14.4. The summed E-state index contributed by atoms with van der Waals surface area (Å²) in [5.74, 6) is 1.10. The van der Waals surface area contributed by atoms with Crippen molar-refractivity contribution in [3.63, 3.8) is 0 Å². The monoisotopic (exact) mass is 278 g/mol. The predicted molar refractivity (Wildman–Crippen MR) is 81.2 cm³/mol. The molecule has 1 aliphatic rings. The van der Waals surface area contributed by atoms with Crippen LogP contribution in [0.5, 0.6) is 0 Å². The molecule has 2 N–H and O–H groups in total. The molecule has 1 amide bonds. The maximum Gasteiger partial charge on any atom is 0.240 e. The van der Waals surface area contributed by atoms with Crippen LogP contribution in [0.2, 0.25) is 0 Å². The summed E-state index contributed by atoms with van der Waals surface area (Å²) in [6.07, 6.45) is 0.615. The fourth-order valence-electron chi connectivity index (χ4n) is 2.41. The highest BCUT2D eigenvalue weighted by molar-refractivity contribution is 8.00. The SMILES string of the molecule is CC1SCCN(C(=O)[C@@H](N)Cc2ccccc2)C1C. The van der Waals surface area contributed by atoms with Crippen molar-refractivity contribution in [2.45, 2.75) is 37.6 Å². The Morgan fingerprint density at radius 1 is 1.42 bits per heavy atom. The number of carbonyl (C=O) groups is 1. The van der Waals surface area contributed by atoms with E-state index in [0.29, 0.717) is 11.7 Å². The van der Waals surface area contributed by atoms with E-state index in [9.17, 15) is 4.79 Å². The minimum Gasteiger partial charge on any atom is -0.337 e. The van der Waals surface area contributed by atoms with E-state index in [4.69, 9.17) is 5.73 Å². The number of nitrogens with two attached hydrogens (primary N) is 1. The molecule has 1 aromatic rings. The second kappa shape index (κ2) is 6.44. The standard InChI is InChI=1S/C15H22N2OS/c1-11-12(2)19-9-8-17(11)15(18)14(16)10-13-6-4-3-5-7-13/h3-7,11-12,14H,8-10,16H2,1-2H3/t11?,12?,14-/m0/s1. The van der Waals surface area contributed by atoms with Crippen LogP contribution in [-0.2, 0) is 11.2 Å². The Bertz CT molecular complexity index is 423. The van der Waals surface area contributed by atoms with Gasteiger partial charge in [-0.3, -0.25) is 4.79 Å². The molecule has 19 heavy (non-hydrogen) atoms. The molecule has 0 spiro atoms. The minimum atomic E-state index is -0.430. The number of thioether (sulfide) groups is 1. The zero-order valence-corrected chi connectivity index (χ0v) is 12.4. The Balaban J connectivity index is 1.99. The van der Waals surface area contributed by atoms with Crippen LogP contribution in [0.3, 0.4) is 0 Å². The summed E-state index contributed by atoms with van der Waals surface area (Å²) in [5.41, 5.74) is 7.21. The van der Waals surface area contributed by atoms with Crippen LogP contribution < -0.4 is 5.73 Å². The van der Waals surface area contributed by atoms with Crippen molar-refractivity contribution < 1.29 is 4.79 Å². The molecule has 3 nitrogen and oxygen atoms in total. The zero-order chi connectivity index (χ0) is 13.8. The van der Waals surface area contributed by atoms with Crippen LogP contribution in [0.25, 0.3) is 0 Å². The first-order valence-electron chi connectivity index (χ1n) is 6.81. The van der Waals surface area contributed by atoms with Crippen molar-refractivity contribution in [3.8, 4) is 0 Å². The molecule has 0 aliphatic carbocycles. The molecule has 1 saturated heterocycles. The molecule has 0 saturated carbocycles. The van der Waals surface area contributed by atoms with Gasteiger partial charge in [-0.2, -0.15) is 11.8 Å². The van der Waals surface area contributed by atoms with Crippen LogP contribution in [-0.4, -0.2) is 40.4 Å².